The minimum absolute atomic E-state index is 0.241. The Morgan fingerprint density at radius 3 is 2.28 bits per heavy atom. The number of hydrogen-bond acceptors (Lipinski definition) is 5. The van der Waals surface area contributed by atoms with E-state index in [1.165, 1.54) is 24.6 Å². The number of hydrogen-bond donors (Lipinski definition) is 0. The summed E-state index contributed by atoms with van der Waals surface area (Å²) in [4.78, 5) is 19.7. The van der Waals surface area contributed by atoms with Crippen molar-refractivity contribution in [3.63, 3.8) is 0 Å². The first kappa shape index (κ1) is 21.2. The van der Waals surface area contributed by atoms with E-state index >= 15 is 0 Å². The van der Waals surface area contributed by atoms with Gasteiger partial charge in [0.2, 0.25) is 5.91 Å². The van der Waals surface area contributed by atoms with E-state index in [9.17, 15) is 4.79 Å². The Balaban J connectivity index is 1.37. The quantitative estimate of drug-likeness (QED) is 0.478. The Hall–Kier alpha value is -2.67. The molecule has 7 heteroatoms. The predicted molar refractivity (Wildman–Crippen MR) is 127 cm³/mol. The summed E-state index contributed by atoms with van der Waals surface area (Å²) in [5.74, 6) is 2.18. The second-order valence-electron chi connectivity index (χ2n) is 8.95. The molecule has 2 saturated carbocycles. The number of amides is 1. The van der Waals surface area contributed by atoms with Gasteiger partial charge in [0, 0.05) is 35.7 Å². The smallest absolute Gasteiger partial charge is 0.233 e. The van der Waals surface area contributed by atoms with Crippen molar-refractivity contribution in [2.24, 2.45) is 5.92 Å². The molecule has 0 bridgehead atoms. The fourth-order valence-electron chi connectivity index (χ4n) is 4.64. The summed E-state index contributed by atoms with van der Waals surface area (Å²) in [5, 5.41) is 9.68. The number of thioether (sulfide) groups is 1. The summed E-state index contributed by atoms with van der Waals surface area (Å²) in [5.41, 5.74) is 1.94. The molecule has 2 aliphatic carbocycles. The molecule has 0 unspecified atom stereocenters. The molecule has 2 heterocycles. The normalized spacial score (nSPS) is 20.8. The largest absolute Gasteiger partial charge is 0.336 e. The van der Waals surface area contributed by atoms with Crippen LogP contribution < -0.4 is 0 Å². The molecule has 2 aromatic heterocycles. The van der Waals surface area contributed by atoms with Gasteiger partial charge in [0.1, 0.15) is 0 Å². The monoisotopic (exact) mass is 447 g/mol. The Morgan fingerprint density at radius 1 is 0.969 bits per heavy atom. The molecule has 0 saturated heterocycles. The van der Waals surface area contributed by atoms with Crippen molar-refractivity contribution in [1.82, 2.24) is 24.6 Å². The molecule has 2 aliphatic rings. The van der Waals surface area contributed by atoms with E-state index in [2.05, 4.69) is 27.0 Å². The molecule has 5 rings (SSSR count). The van der Waals surface area contributed by atoms with E-state index in [-0.39, 0.29) is 5.91 Å². The van der Waals surface area contributed by atoms with Gasteiger partial charge >= 0.3 is 0 Å². The second-order valence-corrected chi connectivity index (χ2v) is 9.89. The lowest BCUT2D eigenvalue weighted by molar-refractivity contribution is -0.132. The molecular weight excluding hydrogens is 418 g/mol. The molecule has 0 N–H and O–H groups in total. The van der Waals surface area contributed by atoms with Crippen molar-refractivity contribution in [3.8, 4) is 17.1 Å². The van der Waals surface area contributed by atoms with E-state index in [1.807, 2.05) is 47.0 Å². The fraction of sp³-hybridized carbons (Fsp3) is 0.440. The zero-order chi connectivity index (χ0) is 21.9. The first-order valence-corrected chi connectivity index (χ1v) is 12.5. The average molecular weight is 448 g/mol. The first-order chi connectivity index (χ1) is 15.7. The van der Waals surface area contributed by atoms with Crippen LogP contribution in [0.4, 0.5) is 0 Å². The van der Waals surface area contributed by atoms with Crippen LogP contribution in [0.15, 0.2) is 60.0 Å². The van der Waals surface area contributed by atoms with Gasteiger partial charge in [-0.05, 0) is 68.7 Å². The van der Waals surface area contributed by atoms with Gasteiger partial charge in [-0.1, -0.05) is 36.9 Å². The summed E-state index contributed by atoms with van der Waals surface area (Å²) in [6, 6.07) is 14.8. The van der Waals surface area contributed by atoms with Crippen molar-refractivity contribution in [1.29, 1.82) is 0 Å². The van der Waals surface area contributed by atoms with Crippen LogP contribution in [0.3, 0.4) is 0 Å². The van der Waals surface area contributed by atoms with Gasteiger partial charge in [0.25, 0.3) is 0 Å². The highest BCUT2D eigenvalue weighted by Gasteiger charge is 2.38. The molecule has 3 aromatic rings. The lowest BCUT2D eigenvalue weighted by Gasteiger charge is -2.36. The third-order valence-corrected chi connectivity index (χ3v) is 7.43. The van der Waals surface area contributed by atoms with Gasteiger partial charge in [-0.15, -0.1) is 10.2 Å². The van der Waals surface area contributed by atoms with Crippen LogP contribution in [0.25, 0.3) is 17.1 Å². The van der Waals surface area contributed by atoms with Crippen molar-refractivity contribution >= 4 is 17.7 Å². The molecule has 2 fully saturated rings. The molecule has 0 aliphatic heterocycles. The highest BCUT2D eigenvalue weighted by atomic mass is 32.2. The van der Waals surface area contributed by atoms with Crippen LogP contribution in [0.1, 0.15) is 45.4 Å². The van der Waals surface area contributed by atoms with Crippen LogP contribution in [-0.2, 0) is 4.79 Å². The zero-order valence-corrected chi connectivity index (χ0v) is 19.2. The Kier molecular flexibility index (Phi) is 6.26. The molecule has 6 nitrogen and oxygen atoms in total. The van der Waals surface area contributed by atoms with Crippen molar-refractivity contribution < 1.29 is 4.79 Å². The Morgan fingerprint density at radius 2 is 1.62 bits per heavy atom. The highest BCUT2D eigenvalue weighted by molar-refractivity contribution is 7.99. The summed E-state index contributed by atoms with van der Waals surface area (Å²) >= 11 is 1.49. The Bertz CT molecular complexity index is 1040. The van der Waals surface area contributed by atoms with Crippen LogP contribution in [-0.4, -0.2) is 48.4 Å². The molecule has 32 heavy (non-hydrogen) atoms. The number of carbonyl (C=O) groups is 1. The number of pyridine rings is 1. The number of aromatic nitrogens is 4. The van der Waals surface area contributed by atoms with Crippen molar-refractivity contribution in [2.75, 3.05) is 5.75 Å². The molecule has 0 atom stereocenters. The molecule has 1 amide bonds. The minimum Gasteiger partial charge on any atom is -0.336 e. The summed E-state index contributed by atoms with van der Waals surface area (Å²) in [6.07, 6.45) is 10.5. The number of para-hydroxylation sites is 1. The Labute approximate surface area is 193 Å². The van der Waals surface area contributed by atoms with Crippen LogP contribution in [0, 0.1) is 5.92 Å². The third kappa shape index (κ3) is 4.58. The fourth-order valence-corrected chi connectivity index (χ4v) is 5.46. The predicted octanol–water partition coefficient (Wildman–Crippen LogP) is 4.99. The summed E-state index contributed by atoms with van der Waals surface area (Å²) < 4.78 is 2.04. The minimum atomic E-state index is 0.241. The molecular formula is C25H29N5OS. The van der Waals surface area contributed by atoms with Gasteiger partial charge < -0.3 is 4.90 Å². The van der Waals surface area contributed by atoms with Gasteiger partial charge in [-0.2, -0.15) is 0 Å². The van der Waals surface area contributed by atoms with Gasteiger partial charge in [-0.3, -0.25) is 14.3 Å². The number of rotatable bonds is 7. The number of carbonyl (C=O) groups excluding carboxylic acids is 1. The highest BCUT2D eigenvalue weighted by Crippen LogP contribution is 2.36. The molecule has 166 valence electrons. The third-order valence-electron chi connectivity index (χ3n) is 6.52. The van der Waals surface area contributed by atoms with Crippen molar-refractivity contribution in [2.45, 2.75) is 62.7 Å². The first-order valence-electron chi connectivity index (χ1n) is 11.6. The topological polar surface area (TPSA) is 63.9 Å². The standard InChI is InChI=1S/C25H29N5OS/c1-18-7-9-21(10-8-18)29(22-11-12-22)23(31)17-32-25-28-27-24(19-13-15-26-16-14-19)30(25)20-5-3-2-4-6-20/h2-6,13-16,18,21-22H,7-12,17H2,1H3. The summed E-state index contributed by atoms with van der Waals surface area (Å²) in [7, 11) is 0. The summed E-state index contributed by atoms with van der Waals surface area (Å²) in [6.45, 7) is 2.33. The average Bonchev–Trinajstić information content (AvgIpc) is 3.57. The van der Waals surface area contributed by atoms with Gasteiger partial charge in [-0.25, -0.2) is 0 Å². The molecule has 0 spiro atoms. The van der Waals surface area contributed by atoms with E-state index in [4.69, 9.17) is 0 Å². The number of benzene rings is 1. The van der Waals surface area contributed by atoms with E-state index in [0.717, 1.165) is 53.8 Å². The van der Waals surface area contributed by atoms with Crippen LogP contribution in [0.2, 0.25) is 0 Å². The maximum atomic E-state index is 13.3. The van der Waals surface area contributed by atoms with Crippen molar-refractivity contribution in [3.05, 3.63) is 54.9 Å². The van der Waals surface area contributed by atoms with E-state index in [1.54, 1.807) is 12.4 Å². The number of nitrogens with zero attached hydrogens (tertiary/aromatic N) is 5. The van der Waals surface area contributed by atoms with Gasteiger partial charge in [0.15, 0.2) is 11.0 Å². The van der Waals surface area contributed by atoms with Gasteiger partial charge in [0.05, 0.1) is 5.75 Å². The second kappa shape index (κ2) is 9.45. The van der Waals surface area contributed by atoms with E-state index < -0.39 is 0 Å². The zero-order valence-electron chi connectivity index (χ0n) is 18.4. The lowest BCUT2D eigenvalue weighted by atomic mass is 9.86. The van der Waals surface area contributed by atoms with Crippen LogP contribution in [0.5, 0.6) is 0 Å². The SMILES string of the molecule is CC1CCC(N(C(=O)CSc2nnc(-c3ccncc3)n2-c2ccccc2)C2CC2)CC1. The maximum Gasteiger partial charge on any atom is 0.233 e. The lowest BCUT2D eigenvalue weighted by Crippen LogP contribution is -2.44. The molecule has 0 radical (unpaired) electrons. The molecule has 1 aromatic carbocycles. The van der Waals surface area contributed by atoms with Crippen LogP contribution >= 0.6 is 11.8 Å². The van der Waals surface area contributed by atoms with E-state index in [0.29, 0.717) is 17.8 Å². The maximum absolute atomic E-state index is 13.3.